The minimum atomic E-state index is -5.08. The third-order valence-corrected chi connectivity index (χ3v) is 6.34. The highest BCUT2D eigenvalue weighted by Gasteiger charge is 2.38. The average molecular weight is 477 g/mol. The molecule has 0 spiro atoms. The first-order valence-corrected chi connectivity index (χ1v) is 10.9. The maximum absolute atomic E-state index is 12.0. The number of halogens is 3. The van der Waals surface area contributed by atoms with E-state index in [0.717, 1.165) is 5.56 Å². The molecule has 10 nitrogen and oxygen atoms in total. The lowest BCUT2D eigenvalue weighted by molar-refractivity contribution is -0.192. The molecule has 32 heavy (non-hydrogen) atoms. The van der Waals surface area contributed by atoms with E-state index in [2.05, 4.69) is 9.97 Å². The van der Waals surface area contributed by atoms with Gasteiger partial charge < -0.3 is 20.8 Å². The van der Waals surface area contributed by atoms with Crippen molar-refractivity contribution in [3.05, 3.63) is 30.5 Å². The fraction of sp³-hybridized carbons (Fsp3) is 0.389. The van der Waals surface area contributed by atoms with Crippen molar-refractivity contribution < 1.29 is 36.6 Å². The van der Waals surface area contributed by atoms with Crippen molar-refractivity contribution in [2.45, 2.75) is 13.1 Å². The zero-order valence-corrected chi connectivity index (χ0v) is 17.8. The van der Waals surface area contributed by atoms with Crippen LogP contribution in [0.4, 0.5) is 24.8 Å². The van der Waals surface area contributed by atoms with Crippen molar-refractivity contribution in [3.63, 3.8) is 0 Å². The van der Waals surface area contributed by atoms with Crippen LogP contribution in [0.5, 0.6) is 5.75 Å². The number of alkyl halides is 3. The predicted octanol–water partition coefficient (Wildman–Crippen LogP) is 1.54. The summed E-state index contributed by atoms with van der Waals surface area (Å²) in [6, 6.07) is 6.75. The Hall–Kier alpha value is -3.13. The van der Waals surface area contributed by atoms with Crippen LogP contribution in [-0.2, 0) is 14.8 Å². The molecule has 1 saturated heterocycles. The molecule has 0 bridgehead atoms. The van der Waals surface area contributed by atoms with Crippen LogP contribution in [0.2, 0.25) is 0 Å². The number of sulfonamides is 1. The van der Waals surface area contributed by atoms with Crippen LogP contribution in [0.1, 0.15) is 6.92 Å². The number of carboxylic acids is 1. The number of hydrogen-bond acceptors (Lipinski definition) is 8. The molecular formula is C18H22F3N5O5S. The third-order valence-electron chi connectivity index (χ3n) is 4.46. The number of phenols is 1. The smallest absolute Gasteiger partial charge is 0.490 e. The van der Waals surface area contributed by atoms with Crippen LogP contribution >= 0.6 is 0 Å². The second-order valence-electron chi connectivity index (χ2n) is 6.60. The summed E-state index contributed by atoms with van der Waals surface area (Å²) in [6.45, 7) is 3.44. The number of carboxylic acid groups (broad SMARTS) is 1. The number of rotatable bonds is 4. The minimum Gasteiger partial charge on any atom is -0.508 e. The second-order valence-corrected chi connectivity index (χ2v) is 8.86. The van der Waals surface area contributed by atoms with Gasteiger partial charge in [0.2, 0.25) is 10.0 Å². The van der Waals surface area contributed by atoms with Gasteiger partial charge in [-0.2, -0.15) is 17.5 Å². The van der Waals surface area contributed by atoms with Crippen LogP contribution in [-0.4, -0.2) is 77.0 Å². The summed E-state index contributed by atoms with van der Waals surface area (Å²) >= 11 is 0. The summed E-state index contributed by atoms with van der Waals surface area (Å²) in [4.78, 5) is 19.6. The Morgan fingerprint density at radius 1 is 1.22 bits per heavy atom. The third kappa shape index (κ3) is 6.43. The molecule has 0 atom stereocenters. The van der Waals surface area contributed by atoms with E-state index in [1.165, 1.54) is 4.31 Å². The normalized spacial score (nSPS) is 15.1. The molecule has 1 aromatic carbocycles. The van der Waals surface area contributed by atoms with Gasteiger partial charge in [-0.3, -0.25) is 0 Å². The van der Waals surface area contributed by atoms with Gasteiger partial charge in [-0.1, -0.05) is 12.1 Å². The first-order chi connectivity index (χ1) is 14.8. The van der Waals surface area contributed by atoms with E-state index in [4.69, 9.17) is 15.6 Å². The molecule has 2 heterocycles. The van der Waals surface area contributed by atoms with E-state index < -0.39 is 22.2 Å². The van der Waals surface area contributed by atoms with Gasteiger partial charge in [0, 0.05) is 31.7 Å². The van der Waals surface area contributed by atoms with Crippen molar-refractivity contribution in [2.75, 3.05) is 42.6 Å². The summed E-state index contributed by atoms with van der Waals surface area (Å²) in [5.74, 6) is -1.67. The van der Waals surface area contributed by atoms with Gasteiger partial charge in [0.1, 0.15) is 5.75 Å². The van der Waals surface area contributed by atoms with Crippen molar-refractivity contribution in [1.29, 1.82) is 0 Å². The Bertz CT molecular complexity index is 1060. The quantitative estimate of drug-likeness (QED) is 0.596. The van der Waals surface area contributed by atoms with E-state index >= 15 is 0 Å². The van der Waals surface area contributed by atoms with E-state index in [9.17, 15) is 26.7 Å². The Kier molecular flexibility index (Phi) is 7.85. The number of nitrogens with zero attached hydrogens (tertiary/aromatic N) is 4. The van der Waals surface area contributed by atoms with Crippen molar-refractivity contribution in [2.24, 2.45) is 0 Å². The van der Waals surface area contributed by atoms with Gasteiger partial charge in [0.15, 0.2) is 11.6 Å². The molecule has 1 fully saturated rings. The molecular weight excluding hydrogens is 455 g/mol. The Labute approximate surface area is 182 Å². The topological polar surface area (TPSA) is 150 Å². The van der Waals surface area contributed by atoms with E-state index in [-0.39, 0.29) is 11.5 Å². The first-order valence-electron chi connectivity index (χ1n) is 9.30. The minimum absolute atomic E-state index is 0.0991. The number of aromatic nitrogens is 2. The SMILES string of the molecule is CCS(=O)(=O)N1CCN(c2nc(-c3cccc(O)c3)cnc2N)CC1.O=C(O)C(F)(F)F. The lowest BCUT2D eigenvalue weighted by Gasteiger charge is -2.34. The fourth-order valence-corrected chi connectivity index (χ4v) is 3.87. The summed E-state index contributed by atoms with van der Waals surface area (Å²) in [5, 5.41) is 16.8. The molecule has 0 radical (unpaired) electrons. The monoisotopic (exact) mass is 477 g/mol. The number of nitrogen functional groups attached to an aromatic ring is 1. The molecule has 0 saturated carbocycles. The molecule has 176 valence electrons. The van der Waals surface area contributed by atoms with Gasteiger partial charge in [-0.25, -0.2) is 23.2 Å². The van der Waals surface area contributed by atoms with E-state index in [0.29, 0.717) is 43.5 Å². The fourth-order valence-electron chi connectivity index (χ4n) is 2.79. The molecule has 1 aromatic heterocycles. The highest BCUT2D eigenvalue weighted by molar-refractivity contribution is 7.89. The molecule has 0 amide bonds. The molecule has 14 heteroatoms. The number of carbonyl (C=O) groups is 1. The zero-order valence-electron chi connectivity index (χ0n) is 16.9. The van der Waals surface area contributed by atoms with Crippen LogP contribution in [0.3, 0.4) is 0 Å². The number of aromatic hydroxyl groups is 1. The number of phenolic OH excluding ortho intramolecular Hbond substituents is 1. The number of benzene rings is 1. The highest BCUT2D eigenvalue weighted by atomic mass is 32.2. The summed E-state index contributed by atoms with van der Waals surface area (Å²) < 4.78 is 57.2. The number of aliphatic carboxylic acids is 1. The number of piperazine rings is 1. The van der Waals surface area contributed by atoms with Gasteiger partial charge in [0.25, 0.3) is 0 Å². The van der Waals surface area contributed by atoms with Gasteiger partial charge in [-0.15, -0.1) is 0 Å². The molecule has 1 aliphatic rings. The zero-order chi connectivity index (χ0) is 24.1. The van der Waals surface area contributed by atoms with Gasteiger partial charge in [0.05, 0.1) is 17.6 Å². The van der Waals surface area contributed by atoms with Crippen LogP contribution in [0, 0.1) is 0 Å². The van der Waals surface area contributed by atoms with Gasteiger partial charge >= 0.3 is 12.1 Å². The van der Waals surface area contributed by atoms with E-state index in [1.807, 2.05) is 11.0 Å². The highest BCUT2D eigenvalue weighted by Crippen LogP contribution is 2.27. The number of hydrogen-bond donors (Lipinski definition) is 3. The maximum atomic E-state index is 12.0. The predicted molar refractivity (Wildman–Crippen MR) is 110 cm³/mol. The largest absolute Gasteiger partial charge is 0.508 e. The Balaban J connectivity index is 0.000000451. The molecule has 2 aromatic rings. The number of anilines is 2. The van der Waals surface area contributed by atoms with Gasteiger partial charge in [-0.05, 0) is 19.1 Å². The van der Waals surface area contributed by atoms with Crippen molar-refractivity contribution >= 4 is 27.6 Å². The summed E-state index contributed by atoms with van der Waals surface area (Å²) in [5.41, 5.74) is 7.32. The van der Waals surface area contributed by atoms with Crippen LogP contribution < -0.4 is 10.6 Å². The standard InChI is InChI=1S/C16H21N5O3S.C2HF3O2/c1-2-25(23,24)21-8-6-20(7-9-21)16-15(17)18-11-14(19-16)12-4-3-5-13(22)10-12;3-2(4,5)1(6)7/h3-5,10-11,22H,2,6-9H2,1H3,(H2,17,18);(H,6,7). The molecule has 4 N–H and O–H groups in total. The maximum Gasteiger partial charge on any atom is 0.490 e. The van der Waals surface area contributed by atoms with E-state index in [1.54, 1.807) is 31.3 Å². The molecule has 0 unspecified atom stereocenters. The van der Waals surface area contributed by atoms with Crippen LogP contribution in [0.15, 0.2) is 30.5 Å². The molecule has 3 rings (SSSR count). The molecule has 1 aliphatic heterocycles. The lowest BCUT2D eigenvalue weighted by Crippen LogP contribution is -2.49. The lowest BCUT2D eigenvalue weighted by atomic mass is 10.1. The van der Waals surface area contributed by atoms with Crippen molar-refractivity contribution in [1.82, 2.24) is 14.3 Å². The Morgan fingerprint density at radius 3 is 2.31 bits per heavy atom. The summed E-state index contributed by atoms with van der Waals surface area (Å²) in [6.07, 6.45) is -3.52. The number of nitrogens with two attached hydrogens (primary N) is 1. The first kappa shape index (κ1) is 25.1. The second kappa shape index (κ2) is 9.99. The Morgan fingerprint density at radius 2 is 1.81 bits per heavy atom. The van der Waals surface area contributed by atoms with Crippen LogP contribution in [0.25, 0.3) is 11.3 Å². The van der Waals surface area contributed by atoms with Crippen molar-refractivity contribution in [3.8, 4) is 17.0 Å². The average Bonchev–Trinajstić information content (AvgIpc) is 2.74. The molecule has 0 aliphatic carbocycles. The summed E-state index contributed by atoms with van der Waals surface area (Å²) in [7, 11) is -3.18.